The highest BCUT2D eigenvalue weighted by molar-refractivity contribution is 8.18. The maximum atomic E-state index is 13.0. The van der Waals surface area contributed by atoms with Gasteiger partial charge in [-0.25, -0.2) is 4.99 Å². The van der Waals surface area contributed by atoms with E-state index in [1.54, 1.807) is 12.0 Å². The second kappa shape index (κ2) is 9.39. The van der Waals surface area contributed by atoms with Crippen LogP contribution in [0.5, 0.6) is 11.5 Å². The van der Waals surface area contributed by atoms with Crippen molar-refractivity contribution in [2.45, 2.75) is 40.7 Å². The van der Waals surface area contributed by atoms with Crippen LogP contribution in [-0.2, 0) is 4.79 Å². The highest BCUT2D eigenvalue weighted by Crippen LogP contribution is 2.36. The summed E-state index contributed by atoms with van der Waals surface area (Å²) in [4.78, 5) is 20.1. The Hall–Kier alpha value is -2.73. The van der Waals surface area contributed by atoms with Gasteiger partial charge >= 0.3 is 0 Å². The molecule has 0 saturated carbocycles. The van der Waals surface area contributed by atoms with E-state index < -0.39 is 0 Å². The first-order chi connectivity index (χ1) is 14.3. The van der Waals surface area contributed by atoms with E-state index in [1.165, 1.54) is 11.8 Å². The van der Waals surface area contributed by atoms with Crippen LogP contribution < -0.4 is 9.47 Å². The molecule has 1 saturated heterocycles. The third-order valence-corrected chi connectivity index (χ3v) is 5.64. The number of hydrogen-bond donors (Lipinski definition) is 0. The Labute approximate surface area is 182 Å². The number of thioether (sulfide) groups is 1. The molecule has 30 heavy (non-hydrogen) atoms. The molecular weight excluding hydrogens is 396 g/mol. The number of carbonyl (C=O) groups excluding carboxylic acids is 1. The molecule has 1 heterocycles. The van der Waals surface area contributed by atoms with Gasteiger partial charge in [-0.15, -0.1) is 0 Å². The zero-order chi connectivity index (χ0) is 21.8. The Morgan fingerprint density at radius 1 is 1.13 bits per heavy atom. The number of aliphatic imine (C=N–C) groups is 1. The summed E-state index contributed by atoms with van der Waals surface area (Å²) in [5, 5.41) is 0.703. The monoisotopic (exact) mass is 424 g/mol. The second-order valence-electron chi connectivity index (χ2n) is 7.42. The van der Waals surface area contributed by atoms with Crippen LogP contribution in [0, 0.1) is 13.8 Å². The van der Waals surface area contributed by atoms with Gasteiger partial charge in [0.2, 0.25) is 0 Å². The molecule has 0 spiro atoms. The third-order valence-electron chi connectivity index (χ3n) is 4.63. The molecule has 1 fully saturated rings. The summed E-state index contributed by atoms with van der Waals surface area (Å²) < 4.78 is 11.2. The van der Waals surface area contributed by atoms with Crippen LogP contribution in [0.15, 0.2) is 46.3 Å². The third kappa shape index (κ3) is 4.87. The molecule has 0 aliphatic carbocycles. The number of benzene rings is 2. The molecule has 0 aromatic heterocycles. The number of aryl methyl sites for hydroxylation is 2. The van der Waals surface area contributed by atoms with Crippen LogP contribution in [-0.4, -0.2) is 35.7 Å². The number of methoxy groups -OCH3 is 1. The van der Waals surface area contributed by atoms with Crippen LogP contribution in [0.25, 0.3) is 6.08 Å². The average molecular weight is 425 g/mol. The van der Waals surface area contributed by atoms with Crippen molar-refractivity contribution in [1.29, 1.82) is 0 Å². The molecule has 0 radical (unpaired) electrons. The predicted molar refractivity (Wildman–Crippen MR) is 125 cm³/mol. The molecule has 1 aliphatic heterocycles. The minimum absolute atomic E-state index is 0.0342. The first-order valence-electron chi connectivity index (χ1n) is 10.0. The van der Waals surface area contributed by atoms with E-state index in [2.05, 4.69) is 12.1 Å². The molecule has 0 unspecified atom stereocenters. The maximum Gasteiger partial charge on any atom is 0.266 e. The molecule has 1 amide bonds. The van der Waals surface area contributed by atoms with Gasteiger partial charge in [-0.2, -0.15) is 0 Å². The van der Waals surface area contributed by atoms with Gasteiger partial charge in [0.25, 0.3) is 5.91 Å². The van der Waals surface area contributed by atoms with Gasteiger partial charge < -0.3 is 9.47 Å². The predicted octanol–water partition coefficient (Wildman–Crippen LogP) is 5.72. The Morgan fingerprint density at radius 2 is 1.90 bits per heavy atom. The van der Waals surface area contributed by atoms with Gasteiger partial charge in [-0.1, -0.05) is 18.2 Å². The van der Waals surface area contributed by atoms with Crippen molar-refractivity contribution in [1.82, 2.24) is 4.90 Å². The molecule has 0 bridgehead atoms. The van der Waals surface area contributed by atoms with E-state index in [0.29, 0.717) is 28.1 Å². The summed E-state index contributed by atoms with van der Waals surface area (Å²) >= 11 is 1.40. The molecule has 3 rings (SSSR count). The maximum absolute atomic E-state index is 13.0. The largest absolute Gasteiger partial charge is 0.493 e. The number of amides is 1. The lowest BCUT2D eigenvalue weighted by Gasteiger charge is -2.14. The zero-order valence-corrected chi connectivity index (χ0v) is 19.2. The minimum Gasteiger partial charge on any atom is -0.493 e. The van der Waals surface area contributed by atoms with Crippen LogP contribution >= 0.6 is 11.8 Å². The fourth-order valence-corrected chi connectivity index (χ4v) is 4.15. The van der Waals surface area contributed by atoms with Crippen molar-refractivity contribution >= 4 is 34.6 Å². The molecule has 2 aromatic rings. The fourth-order valence-electron chi connectivity index (χ4n) is 3.09. The van der Waals surface area contributed by atoms with Crippen LogP contribution in [0.2, 0.25) is 0 Å². The summed E-state index contributed by atoms with van der Waals surface area (Å²) in [5.74, 6) is 1.30. The molecule has 2 aromatic carbocycles. The smallest absolute Gasteiger partial charge is 0.266 e. The number of rotatable bonds is 6. The molecule has 158 valence electrons. The lowest BCUT2D eigenvalue weighted by Crippen LogP contribution is -2.28. The van der Waals surface area contributed by atoms with E-state index in [-0.39, 0.29) is 12.0 Å². The van der Waals surface area contributed by atoms with E-state index in [9.17, 15) is 4.79 Å². The lowest BCUT2D eigenvalue weighted by molar-refractivity contribution is -0.122. The second-order valence-corrected chi connectivity index (χ2v) is 8.43. The number of ether oxygens (including phenoxy) is 2. The minimum atomic E-state index is -0.0342. The highest BCUT2D eigenvalue weighted by Gasteiger charge is 2.32. The normalized spacial score (nSPS) is 16.8. The Morgan fingerprint density at radius 3 is 2.57 bits per heavy atom. The SMILES string of the molecule is CCN1C(=O)/C(=C\c2ccc(OC(C)C)c(OC)c2)SC1=Nc1cc(C)ccc1C. The number of amidine groups is 1. The number of carbonyl (C=O) groups is 1. The summed E-state index contributed by atoms with van der Waals surface area (Å²) in [5.41, 5.74) is 3.99. The van der Waals surface area contributed by atoms with Crippen LogP contribution in [0.4, 0.5) is 5.69 Å². The number of nitrogens with zero attached hydrogens (tertiary/aromatic N) is 2. The van der Waals surface area contributed by atoms with Crippen molar-refractivity contribution in [2.24, 2.45) is 4.99 Å². The number of likely N-dealkylation sites (N-methyl/N-ethyl adjacent to an activating group) is 1. The van der Waals surface area contributed by atoms with Gasteiger partial charge in [-0.05, 0) is 87.3 Å². The molecule has 1 aliphatic rings. The van der Waals surface area contributed by atoms with Crippen molar-refractivity contribution in [2.75, 3.05) is 13.7 Å². The summed E-state index contributed by atoms with van der Waals surface area (Å²) in [7, 11) is 1.61. The van der Waals surface area contributed by atoms with E-state index in [4.69, 9.17) is 14.5 Å². The van der Waals surface area contributed by atoms with Gasteiger partial charge in [0.05, 0.1) is 23.8 Å². The zero-order valence-electron chi connectivity index (χ0n) is 18.4. The molecule has 0 atom stereocenters. The standard InChI is InChI=1S/C24H28N2O3S/c1-7-26-23(27)22(30-24(26)25-19-12-16(4)8-9-17(19)5)14-18-10-11-20(29-15(2)3)21(13-18)28-6/h8-15H,7H2,1-6H3/b22-14+,25-24?. The van der Waals surface area contributed by atoms with Crippen molar-refractivity contribution in [3.8, 4) is 11.5 Å². The molecule has 6 heteroatoms. The topological polar surface area (TPSA) is 51.1 Å². The molecule has 0 N–H and O–H groups in total. The Balaban J connectivity index is 1.93. The van der Waals surface area contributed by atoms with Crippen LogP contribution in [0.1, 0.15) is 37.5 Å². The fraction of sp³-hybridized carbons (Fsp3) is 0.333. The van der Waals surface area contributed by atoms with Gasteiger partial charge in [-0.3, -0.25) is 9.69 Å². The van der Waals surface area contributed by atoms with Crippen molar-refractivity contribution in [3.63, 3.8) is 0 Å². The summed E-state index contributed by atoms with van der Waals surface area (Å²) in [6.07, 6.45) is 1.93. The van der Waals surface area contributed by atoms with E-state index >= 15 is 0 Å². The van der Waals surface area contributed by atoms with Gasteiger partial charge in [0.1, 0.15) is 0 Å². The van der Waals surface area contributed by atoms with E-state index in [1.807, 2.05) is 65.0 Å². The van der Waals surface area contributed by atoms with Gasteiger partial charge in [0, 0.05) is 6.54 Å². The lowest BCUT2D eigenvalue weighted by atomic mass is 10.1. The molecule has 5 nitrogen and oxygen atoms in total. The van der Waals surface area contributed by atoms with E-state index in [0.717, 1.165) is 22.4 Å². The summed E-state index contributed by atoms with van der Waals surface area (Å²) in [6, 6.07) is 11.8. The quantitative estimate of drug-likeness (QED) is 0.556. The number of hydrogen-bond acceptors (Lipinski definition) is 5. The highest BCUT2D eigenvalue weighted by atomic mass is 32.2. The Kier molecular flexibility index (Phi) is 6.87. The Bertz CT molecular complexity index is 1010. The average Bonchev–Trinajstić information content (AvgIpc) is 2.99. The summed E-state index contributed by atoms with van der Waals surface area (Å²) in [6.45, 7) is 10.5. The molecular formula is C24H28N2O3S. The van der Waals surface area contributed by atoms with Crippen LogP contribution in [0.3, 0.4) is 0 Å². The first kappa shape index (κ1) is 22.0. The van der Waals surface area contributed by atoms with Crippen molar-refractivity contribution in [3.05, 3.63) is 58.0 Å². The van der Waals surface area contributed by atoms with Gasteiger partial charge in [0.15, 0.2) is 16.7 Å². The van der Waals surface area contributed by atoms with Crippen molar-refractivity contribution < 1.29 is 14.3 Å². The first-order valence-corrected chi connectivity index (χ1v) is 10.9.